The predicted molar refractivity (Wildman–Crippen MR) is 90.3 cm³/mol. The molecule has 0 radical (unpaired) electrons. The SMILES string of the molecule is C=C(C)c1ccc(Oc2ccc(OC)c(OC)c2)c(NC)c1. The van der Waals surface area contributed by atoms with Crippen LogP contribution < -0.4 is 19.5 Å². The molecule has 22 heavy (non-hydrogen) atoms. The highest BCUT2D eigenvalue weighted by Gasteiger charge is 2.09. The molecule has 0 spiro atoms. The van der Waals surface area contributed by atoms with Crippen LogP contribution in [0.4, 0.5) is 5.69 Å². The van der Waals surface area contributed by atoms with Gasteiger partial charge in [-0.15, -0.1) is 0 Å². The molecule has 0 saturated carbocycles. The zero-order chi connectivity index (χ0) is 16.1. The lowest BCUT2D eigenvalue weighted by atomic mass is 10.1. The molecule has 0 aromatic heterocycles. The number of allylic oxidation sites excluding steroid dienone is 1. The second kappa shape index (κ2) is 6.89. The highest BCUT2D eigenvalue weighted by molar-refractivity contribution is 5.69. The first-order valence-corrected chi connectivity index (χ1v) is 6.96. The van der Waals surface area contributed by atoms with Gasteiger partial charge in [-0.25, -0.2) is 0 Å². The van der Waals surface area contributed by atoms with E-state index >= 15 is 0 Å². The first kappa shape index (κ1) is 15.8. The second-order valence-corrected chi connectivity index (χ2v) is 4.86. The van der Waals surface area contributed by atoms with Gasteiger partial charge < -0.3 is 19.5 Å². The molecule has 4 nitrogen and oxygen atoms in total. The number of anilines is 1. The lowest BCUT2D eigenvalue weighted by molar-refractivity contribution is 0.352. The van der Waals surface area contributed by atoms with Crippen LogP contribution in [0.25, 0.3) is 5.57 Å². The lowest BCUT2D eigenvalue weighted by Gasteiger charge is -2.14. The second-order valence-electron chi connectivity index (χ2n) is 4.86. The van der Waals surface area contributed by atoms with E-state index in [0.29, 0.717) is 17.2 Å². The fraction of sp³-hybridized carbons (Fsp3) is 0.222. The van der Waals surface area contributed by atoms with E-state index in [9.17, 15) is 0 Å². The molecule has 0 atom stereocenters. The van der Waals surface area contributed by atoms with Gasteiger partial charge in [0.05, 0.1) is 19.9 Å². The summed E-state index contributed by atoms with van der Waals surface area (Å²) in [7, 11) is 5.06. The van der Waals surface area contributed by atoms with Crippen LogP contribution in [0.1, 0.15) is 12.5 Å². The molecular formula is C18H21NO3. The van der Waals surface area contributed by atoms with E-state index in [-0.39, 0.29) is 0 Å². The van der Waals surface area contributed by atoms with Crippen LogP contribution in [0.2, 0.25) is 0 Å². The molecule has 116 valence electrons. The molecular weight excluding hydrogens is 278 g/mol. The summed E-state index contributed by atoms with van der Waals surface area (Å²) in [4.78, 5) is 0. The fourth-order valence-electron chi connectivity index (χ4n) is 2.09. The van der Waals surface area contributed by atoms with Crippen molar-refractivity contribution in [3.8, 4) is 23.0 Å². The molecule has 0 aliphatic rings. The Kier molecular flexibility index (Phi) is 4.94. The van der Waals surface area contributed by atoms with Gasteiger partial charge in [0.25, 0.3) is 0 Å². The van der Waals surface area contributed by atoms with E-state index in [4.69, 9.17) is 14.2 Å². The molecule has 0 saturated heterocycles. The minimum absolute atomic E-state index is 0.629. The summed E-state index contributed by atoms with van der Waals surface area (Å²) >= 11 is 0. The Morgan fingerprint density at radius 1 is 0.955 bits per heavy atom. The van der Waals surface area contributed by atoms with Crippen molar-refractivity contribution in [3.63, 3.8) is 0 Å². The zero-order valence-corrected chi connectivity index (χ0v) is 13.4. The standard InChI is InChI=1S/C18H21NO3/c1-12(2)13-6-8-16(15(10-13)19-3)22-14-7-9-17(20-4)18(11-14)21-5/h6-11,19H,1H2,2-5H3. The Hall–Kier alpha value is -2.62. The maximum absolute atomic E-state index is 5.95. The monoisotopic (exact) mass is 299 g/mol. The Morgan fingerprint density at radius 2 is 1.64 bits per heavy atom. The zero-order valence-electron chi connectivity index (χ0n) is 13.4. The van der Waals surface area contributed by atoms with Crippen LogP contribution >= 0.6 is 0 Å². The summed E-state index contributed by atoms with van der Waals surface area (Å²) < 4.78 is 16.5. The summed E-state index contributed by atoms with van der Waals surface area (Å²) in [6, 6.07) is 11.4. The van der Waals surface area contributed by atoms with Crippen molar-refractivity contribution >= 4 is 11.3 Å². The van der Waals surface area contributed by atoms with Gasteiger partial charge in [-0.2, -0.15) is 0 Å². The number of hydrogen-bond donors (Lipinski definition) is 1. The number of nitrogens with one attached hydrogen (secondary N) is 1. The Labute approximate surface area is 131 Å². The van der Waals surface area contributed by atoms with E-state index < -0.39 is 0 Å². The molecule has 0 amide bonds. The van der Waals surface area contributed by atoms with Gasteiger partial charge in [0.2, 0.25) is 0 Å². The number of hydrogen-bond acceptors (Lipinski definition) is 4. The van der Waals surface area contributed by atoms with Crippen LogP contribution in [0.15, 0.2) is 43.0 Å². The summed E-state index contributed by atoms with van der Waals surface area (Å²) in [5.74, 6) is 2.71. The highest BCUT2D eigenvalue weighted by Crippen LogP contribution is 2.36. The molecule has 2 aromatic rings. The summed E-state index contributed by atoms with van der Waals surface area (Å²) in [6.45, 7) is 5.93. The minimum atomic E-state index is 0.629. The van der Waals surface area contributed by atoms with E-state index in [1.807, 2.05) is 44.3 Å². The van der Waals surface area contributed by atoms with Crippen molar-refractivity contribution in [2.75, 3.05) is 26.6 Å². The van der Waals surface area contributed by atoms with Crippen LogP contribution in [0, 0.1) is 0 Å². The molecule has 0 heterocycles. The van der Waals surface area contributed by atoms with Gasteiger partial charge >= 0.3 is 0 Å². The largest absolute Gasteiger partial charge is 0.493 e. The first-order valence-electron chi connectivity index (χ1n) is 6.96. The third kappa shape index (κ3) is 3.34. The van der Waals surface area contributed by atoms with Gasteiger partial charge in [-0.05, 0) is 36.8 Å². The number of methoxy groups -OCH3 is 2. The van der Waals surface area contributed by atoms with E-state index in [1.165, 1.54) is 0 Å². The Balaban J connectivity index is 2.32. The molecule has 2 aromatic carbocycles. The van der Waals surface area contributed by atoms with Gasteiger partial charge in [-0.1, -0.05) is 18.2 Å². The van der Waals surface area contributed by atoms with Gasteiger partial charge in [0, 0.05) is 13.1 Å². The average molecular weight is 299 g/mol. The van der Waals surface area contributed by atoms with Crippen molar-refractivity contribution in [3.05, 3.63) is 48.5 Å². The molecule has 4 heteroatoms. The lowest BCUT2D eigenvalue weighted by Crippen LogP contribution is -1.96. The smallest absolute Gasteiger partial charge is 0.164 e. The number of ether oxygens (including phenoxy) is 3. The molecule has 0 fully saturated rings. The third-order valence-corrected chi connectivity index (χ3v) is 3.32. The Bertz CT molecular complexity index is 680. The number of benzene rings is 2. The molecule has 0 bridgehead atoms. The van der Waals surface area contributed by atoms with Gasteiger partial charge in [0.15, 0.2) is 17.2 Å². The van der Waals surface area contributed by atoms with Crippen molar-refractivity contribution in [2.24, 2.45) is 0 Å². The van der Waals surface area contributed by atoms with Crippen LogP contribution in [0.3, 0.4) is 0 Å². The fourth-order valence-corrected chi connectivity index (χ4v) is 2.09. The van der Waals surface area contributed by atoms with Gasteiger partial charge in [0.1, 0.15) is 5.75 Å². The molecule has 0 aliphatic carbocycles. The maximum atomic E-state index is 5.95. The summed E-state index contributed by atoms with van der Waals surface area (Å²) in [5.41, 5.74) is 2.98. The quantitative estimate of drug-likeness (QED) is 0.848. The molecule has 0 unspecified atom stereocenters. The van der Waals surface area contributed by atoms with Crippen LogP contribution in [0.5, 0.6) is 23.0 Å². The van der Waals surface area contributed by atoms with Crippen molar-refractivity contribution in [2.45, 2.75) is 6.92 Å². The van der Waals surface area contributed by atoms with Crippen molar-refractivity contribution < 1.29 is 14.2 Å². The van der Waals surface area contributed by atoms with Crippen molar-refractivity contribution in [1.82, 2.24) is 0 Å². The van der Waals surface area contributed by atoms with Gasteiger partial charge in [-0.3, -0.25) is 0 Å². The summed E-state index contributed by atoms with van der Waals surface area (Å²) in [6.07, 6.45) is 0. The predicted octanol–water partition coefficient (Wildman–Crippen LogP) is 4.57. The topological polar surface area (TPSA) is 39.7 Å². The minimum Gasteiger partial charge on any atom is -0.493 e. The average Bonchev–Trinajstić information content (AvgIpc) is 2.54. The van der Waals surface area contributed by atoms with Crippen LogP contribution in [-0.4, -0.2) is 21.3 Å². The maximum Gasteiger partial charge on any atom is 0.164 e. The first-order chi connectivity index (χ1) is 10.6. The highest BCUT2D eigenvalue weighted by atomic mass is 16.5. The number of rotatable bonds is 6. The van der Waals surface area contributed by atoms with Crippen molar-refractivity contribution in [1.29, 1.82) is 0 Å². The van der Waals surface area contributed by atoms with E-state index in [1.54, 1.807) is 20.3 Å². The molecule has 1 N–H and O–H groups in total. The normalized spacial score (nSPS) is 10.0. The molecule has 2 rings (SSSR count). The third-order valence-electron chi connectivity index (χ3n) is 3.32. The van der Waals surface area contributed by atoms with Crippen LogP contribution in [-0.2, 0) is 0 Å². The van der Waals surface area contributed by atoms with E-state index in [0.717, 1.165) is 22.6 Å². The Morgan fingerprint density at radius 3 is 2.23 bits per heavy atom. The molecule has 0 aliphatic heterocycles. The summed E-state index contributed by atoms with van der Waals surface area (Å²) in [5, 5.41) is 3.14. The van der Waals surface area contributed by atoms with E-state index in [2.05, 4.69) is 11.9 Å².